The number of hydrogen-bond acceptors (Lipinski definition) is 5. The highest BCUT2D eigenvalue weighted by atomic mass is 32.2. The van der Waals surface area contributed by atoms with Gasteiger partial charge in [-0.15, -0.1) is 5.10 Å². The number of rotatable bonds is 7. The lowest BCUT2D eigenvalue weighted by Crippen LogP contribution is -2.18. The number of aromatic nitrogens is 3. The Labute approximate surface area is 174 Å². The molecule has 4 rings (SSSR count). The summed E-state index contributed by atoms with van der Waals surface area (Å²) >= 11 is 0. The Balaban J connectivity index is 1.36. The molecule has 3 aromatic carbocycles. The Morgan fingerprint density at radius 2 is 1.67 bits per heavy atom. The Kier molecular flexibility index (Phi) is 5.58. The van der Waals surface area contributed by atoms with E-state index in [4.69, 9.17) is 0 Å². The molecular formula is C22H20N4O3S. The lowest BCUT2D eigenvalue weighted by atomic mass is 10.1. The van der Waals surface area contributed by atoms with Crippen molar-refractivity contribution in [3.8, 4) is 0 Å². The predicted octanol–water partition coefficient (Wildman–Crippen LogP) is 3.28. The molecule has 0 bridgehead atoms. The van der Waals surface area contributed by atoms with E-state index in [-0.39, 0.29) is 23.0 Å². The Hall–Kier alpha value is -3.52. The van der Waals surface area contributed by atoms with Crippen LogP contribution in [0.25, 0.3) is 10.8 Å². The van der Waals surface area contributed by atoms with Gasteiger partial charge in [0.15, 0.2) is 9.84 Å². The molecule has 0 aliphatic carbocycles. The molecule has 1 N–H and O–H groups in total. The number of benzene rings is 3. The predicted molar refractivity (Wildman–Crippen MR) is 115 cm³/mol. The topological polar surface area (TPSA) is 94.0 Å². The standard InChI is InChI=1S/C22H20N4O3S/c27-21(24-22-23-16-26(25-22)15-17-6-2-1-3-7-17)12-13-30(28,29)20-11-10-18-8-4-5-9-19(18)14-20/h1-11,14,16H,12-13,15H2,(H,24,25,27). The van der Waals surface area contributed by atoms with Crippen molar-refractivity contribution in [2.45, 2.75) is 17.9 Å². The first kappa shape index (κ1) is 19.8. The van der Waals surface area contributed by atoms with Gasteiger partial charge in [0.1, 0.15) is 6.33 Å². The van der Waals surface area contributed by atoms with Gasteiger partial charge in [-0.2, -0.15) is 0 Å². The fraction of sp³-hybridized carbons (Fsp3) is 0.136. The first-order valence-electron chi connectivity index (χ1n) is 9.44. The maximum Gasteiger partial charge on any atom is 0.248 e. The largest absolute Gasteiger partial charge is 0.293 e. The van der Waals surface area contributed by atoms with Gasteiger partial charge in [-0.3, -0.25) is 10.1 Å². The summed E-state index contributed by atoms with van der Waals surface area (Å²) in [7, 11) is -3.58. The number of amides is 1. The van der Waals surface area contributed by atoms with Crippen molar-refractivity contribution < 1.29 is 13.2 Å². The van der Waals surface area contributed by atoms with Crippen LogP contribution in [-0.4, -0.2) is 34.8 Å². The van der Waals surface area contributed by atoms with Crippen LogP contribution in [0.1, 0.15) is 12.0 Å². The van der Waals surface area contributed by atoms with Crippen LogP contribution in [0.5, 0.6) is 0 Å². The van der Waals surface area contributed by atoms with Gasteiger partial charge in [-0.05, 0) is 28.5 Å². The van der Waals surface area contributed by atoms with Crippen molar-refractivity contribution in [3.05, 3.63) is 84.7 Å². The number of anilines is 1. The van der Waals surface area contributed by atoms with Gasteiger partial charge in [0.2, 0.25) is 11.9 Å². The summed E-state index contributed by atoms with van der Waals surface area (Å²) in [6.07, 6.45) is 1.34. The van der Waals surface area contributed by atoms with Crippen LogP contribution in [0.3, 0.4) is 0 Å². The Bertz CT molecular complexity index is 1280. The molecule has 0 saturated heterocycles. The highest BCUT2D eigenvalue weighted by molar-refractivity contribution is 7.91. The van der Waals surface area contributed by atoms with E-state index in [9.17, 15) is 13.2 Å². The van der Waals surface area contributed by atoms with Crippen molar-refractivity contribution in [3.63, 3.8) is 0 Å². The van der Waals surface area contributed by atoms with E-state index in [0.717, 1.165) is 16.3 Å². The van der Waals surface area contributed by atoms with Crippen LogP contribution < -0.4 is 5.32 Å². The maximum atomic E-state index is 12.6. The summed E-state index contributed by atoms with van der Waals surface area (Å²) < 4.78 is 26.9. The Morgan fingerprint density at radius 3 is 2.47 bits per heavy atom. The Morgan fingerprint density at radius 1 is 0.933 bits per heavy atom. The monoisotopic (exact) mass is 420 g/mol. The lowest BCUT2D eigenvalue weighted by Gasteiger charge is -2.06. The van der Waals surface area contributed by atoms with E-state index in [1.165, 1.54) is 6.33 Å². The fourth-order valence-electron chi connectivity index (χ4n) is 3.09. The number of sulfone groups is 1. The zero-order valence-corrected chi connectivity index (χ0v) is 16.9. The molecule has 0 saturated carbocycles. The quantitative estimate of drug-likeness (QED) is 0.495. The molecule has 0 aliphatic rings. The number of nitrogens with zero attached hydrogens (tertiary/aromatic N) is 3. The third kappa shape index (κ3) is 4.72. The van der Waals surface area contributed by atoms with Crippen LogP contribution in [0, 0.1) is 0 Å². The molecule has 30 heavy (non-hydrogen) atoms. The number of fused-ring (bicyclic) bond motifs is 1. The molecule has 1 aromatic heterocycles. The molecule has 1 amide bonds. The first-order chi connectivity index (χ1) is 14.5. The molecule has 0 atom stereocenters. The highest BCUT2D eigenvalue weighted by Gasteiger charge is 2.17. The molecule has 8 heteroatoms. The summed E-state index contributed by atoms with van der Waals surface area (Å²) in [5, 5.41) is 8.57. The van der Waals surface area contributed by atoms with Crippen LogP contribution in [0.15, 0.2) is 84.0 Å². The average molecular weight is 420 g/mol. The van der Waals surface area contributed by atoms with Gasteiger partial charge in [-0.1, -0.05) is 60.7 Å². The fourth-order valence-corrected chi connectivity index (χ4v) is 4.36. The molecule has 0 unspecified atom stereocenters. The van der Waals surface area contributed by atoms with Gasteiger partial charge in [-0.25, -0.2) is 18.1 Å². The maximum absolute atomic E-state index is 12.6. The highest BCUT2D eigenvalue weighted by Crippen LogP contribution is 2.20. The van der Waals surface area contributed by atoms with Crippen LogP contribution >= 0.6 is 0 Å². The summed E-state index contributed by atoms with van der Waals surface area (Å²) in [5.74, 6) is -0.585. The second-order valence-corrected chi connectivity index (χ2v) is 8.99. The lowest BCUT2D eigenvalue weighted by molar-refractivity contribution is -0.115. The van der Waals surface area contributed by atoms with Gasteiger partial charge < -0.3 is 0 Å². The normalized spacial score (nSPS) is 11.5. The van der Waals surface area contributed by atoms with E-state index < -0.39 is 15.7 Å². The van der Waals surface area contributed by atoms with E-state index in [0.29, 0.717) is 6.54 Å². The van der Waals surface area contributed by atoms with Crippen molar-refractivity contribution in [2.24, 2.45) is 0 Å². The van der Waals surface area contributed by atoms with Gasteiger partial charge >= 0.3 is 0 Å². The molecular weight excluding hydrogens is 400 g/mol. The van der Waals surface area contributed by atoms with Gasteiger partial charge in [0.05, 0.1) is 17.2 Å². The molecule has 0 radical (unpaired) electrons. The van der Waals surface area contributed by atoms with Crippen LogP contribution in [-0.2, 0) is 21.2 Å². The molecule has 0 aliphatic heterocycles. The number of carbonyl (C=O) groups is 1. The summed E-state index contributed by atoms with van der Waals surface area (Å²) in [6.45, 7) is 0.528. The average Bonchev–Trinajstić information content (AvgIpc) is 3.19. The third-order valence-electron chi connectivity index (χ3n) is 4.65. The summed E-state index contributed by atoms with van der Waals surface area (Å²) in [6, 6.07) is 22.3. The van der Waals surface area contributed by atoms with E-state index in [1.54, 1.807) is 22.9 Å². The van der Waals surface area contributed by atoms with Crippen LogP contribution in [0.2, 0.25) is 0 Å². The first-order valence-corrected chi connectivity index (χ1v) is 11.1. The van der Waals surface area contributed by atoms with Gasteiger partial charge in [0, 0.05) is 6.42 Å². The zero-order chi connectivity index (χ0) is 21.0. The van der Waals surface area contributed by atoms with E-state index in [1.807, 2.05) is 54.6 Å². The second kappa shape index (κ2) is 8.46. The minimum Gasteiger partial charge on any atom is -0.293 e. The molecule has 0 spiro atoms. The van der Waals surface area contributed by atoms with Crippen molar-refractivity contribution in [1.82, 2.24) is 14.8 Å². The molecule has 152 valence electrons. The SMILES string of the molecule is O=C(CCS(=O)(=O)c1ccc2ccccc2c1)Nc1ncn(Cc2ccccc2)n1. The minimum atomic E-state index is -3.58. The van der Waals surface area contributed by atoms with E-state index in [2.05, 4.69) is 15.4 Å². The molecule has 0 fully saturated rings. The number of nitrogens with one attached hydrogen (secondary N) is 1. The summed E-state index contributed by atoms with van der Waals surface area (Å²) in [4.78, 5) is 16.5. The van der Waals surface area contributed by atoms with Crippen molar-refractivity contribution in [1.29, 1.82) is 0 Å². The number of carbonyl (C=O) groups excluding carboxylic acids is 1. The van der Waals surface area contributed by atoms with E-state index >= 15 is 0 Å². The van der Waals surface area contributed by atoms with Crippen molar-refractivity contribution >= 4 is 32.5 Å². The molecule has 7 nitrogen and oxygen atoms in total. The number of hydrogen-bond donors (Lipinski definition) is 1. The smallest absolute Gasteiger partial charge is 0.248 e. The molecule has 1 heterocycles. The zero-order valence-electron chi connectivity index (χ0n) is 16.1. The van der Waals surface area contributed by atoms with Gasteiger partial charge in [0.25, 0.3) is 0 Å². The summed E-state index contributed by atoms with van der Waals surface area (Å²) in [5.41, 5.74) is 1.06. The molecule has 4 aromatic rings. The minimum absolute atomic E-state index is 0.152. The second-order valence-electron chi connectivity index (χ2n) is 6.88. The van der Waals surface area contributed by atoms with Crippen LogP contribution in [0.4, 0.5) is 5.95 Å². The van der Waals surface area contributed by atoms with Crippen molar-refractivity contribution in [2.75, 3.05) is 11.1 Å². The third-order valence-corrected chi connectivity index (χ3v) is 6.37.